The minimum absolute atomic E-state index is 0.285. The quantitative estimate of drug-likeness (QED) is 0.620. The molecule has 3 nitrogen and oxygen atoms in total. The molecule has 0 aliphatic heterocycles. The van der Waals surface area contributed by atoms with Gasteiger partial charge in [0.25, 0.3) is 0 Å². The highest BCUT2D eigenvalue weighted by atomic mass is 35.5. The summed E-state index contributed by atoms with van der Waals surface area (Å²) < 4.78 is 0. The third-order valence-electron chi connectivity index (χ3n) is 2.15. The second-order valence-electron chi connectivity index (χ2n) is 3.31. The van der Waals surface area contributed by atoms with Crippen LogP contribution in [0.4, 0.5) is 5.95 Å². The zero-order chi connectivity index (χ0) is 8.72. The van der Waals surface area contributed by atoms with E-state index in [2.05, 4.69) is 16.9 Å². The molecule has 0 saturated heterocycles. The number of nitrogens with two attached hydrogens (primary N) is 1. The van der Waals surface area contributed by atoms with Gasteiger partial charge < -0.3 is 5.73 Å². The molecule has 4 heteroatoms. The topological polar surface area (TPSA) is 51.8 Å². The fraction of sp³-hybridized carbons (Fsp3) is 0.500. The van der Waals surface area contributed by atoms with Crippen LogP contribution in [0.2, 0.25) is 5.15 Å². The van der Waals surface area contributed by atoms with Crippen LogP contribution >= 0.6 is 11.6 Å². The maximum Gasteiger partial charge on any atom is 0.221 e. The van der Waals surface area contributed by atoms with Gasteiger partial charge >= 0.3 is 0 Å². The van der Waals surface area contributed by atoms with Crippen molar-refractivity contribution in [2.24, 2.45) is 5.92 Å². The average Bonchev–Trinajstić information content (AvgIpc) is 2.29. The van der Waals surface area contributed by atoms with Gasteiger partial charge in [-0.1, -0.05) is 18.5 Å². The Morgan fingerprint density at radius 3 is 2.92 bits per heavy atom. The number of hydrogen-bond donors (Lipinski definition) is 1. The first-order valence-corrected chi connectivity index (χ1v) is 4.35. The molecule has 0 aromatic carbocycles. The molecule has 12 heavy (non-hydrogen) atoms. The molecule has 2 rings (SSSR count). The molecule has 0 fully saturated rings. The molecule has 1 aromatic heterocycles. The van der Waals surface area contributed by atoms with Crippen LogP contribution in [0.3, 0.4) is 0 Å². The van der Waals surface area contributed by atoms with Crippen LogP contribution in [0.5, 0.6) is 0 Å². The van der Waals surface area contributed by atoms with Crippen molar-refractivity contribution in [1.29, 1.82) is 0 Å². The van der Waals surface area contributed by atoms with E-state index in [-0.39, 0.29) is 5.95 Å². The Morgan fingerprint density at radius 1 is 1.42 bits per heavy atom. The first-order valence-electron chi connectivity index (χ1n) is 3.97. The summed E-state index contributed by atoms with van der Waals surface area (Å²) in [6, 6.07) is 0. The number of hydrogen-bond acceptors (Lipinski definition) is 3. The second-order valence-corrected chi connectivity index (χ2v) is 3.67. The fourth-order valence-corrected chi connectivity index (χ4v) is 1.91. The Hall–Kier alpha value is -0.830. The van der Waals surface area contributed by atoms with Crippen molar-refractivity contribution in [2.45, 2.75) is 19.8 Å². The van der Waals surface area contributed by atoms with Crippen LogP contribution in [0, 0.1) is 5.92 Å². The van der Waals surface area contributed by atoms with Gasteiger partial charge in [-0.3, -0.25) is 0 Å². The van der Waals surface area contributed by atoms with Gasteiger partial charge in [0, 0.05) is 5.56 Å². The first-order chi connectivity index (χ1) is 5.66. The highest BCUT2D eigenvalue weighted by Crippen LogP contribution is 2.29. The van der Waals surface area contributed by atoms with Crippen molar-refractivity contribution >= 4 is 17.5 Å². The van der Waals surface area contributed by atoms with Crippen molar-refractivity contribution in [3.63, 3.8) is 0 Å². The molecule has 64 valence electrons. The Labute approximate surface area is 76.0 Å². The molecule has 1 aromatic rings. The van der Waals surface area contributed by atoms with Crippen molar-refractivity contribution < 1.29 is 0 Å². The molecular weight excluding hydrogens is 174 g/mol. The Balaban J connectivity index is 2.52. The summed E-state index contributed by atoms with van der Waals surface area (Å²) in [5, 5.41) is 0.529. The number of halogens is 1. The molecule has 0 radical (unpaired) electrons. The van der Waals surface area contributed by atoms with Gasteiger partial charge in [0.1, 0.15) is 5.15 Å². The maximum absolute atomic E-state index is 5.91. The average molecular weight is 184 g/mol. The summed E-state index contributed by atoms with van der Waals surface area (Å²) in [4.78, 5) is 8.06. The molecule has 0 spiro atoms. The number of nitrogen functional groups attached to an aromatic ring is 1. The molecule has 1 heterocycles. The molecule has 1 unspecified atom stereocenters. The van der Waals surface area contributed by atoms with Crippen LogP contribution in [0.1, 0.15) is 18.2 Å². The lowest BCUT2D eigenvalue weighted by Crippen LogP contribution is -1.99. The Morgan fingerprint density at radius 2 is 2.17 bits per heavy atom. The minimum atomic E-state index is 0.285. The number of nitrogens with zero attached hydrogens (tertiary/aromatic N) is 2. The summed E-state index contributed by atoms with van der Waals surface area (Å²) in [7, 11) is 0. The van der Waals surface area contributed by atoms with E-state index in [1.807, 2.05) is 0 Å². The molecule has 1 aliphatic carbocycles. The zero-order valence-corrected chi connectivity index (χ0v) is 7.60. The predicted octanol–water partition coefficient (Wildman–Crippen LogP) is 1.45. The van der Waals surface area contributed by atoms with Crippen molar-refractivity contribution in [2.75, 3.05) is 5.73 Å². The number of rotatable bonds is 0. The van der Waals surface area contributed by atoms with E-state index in [4.69, 9.17) is 17.3 Å². The van der Waals surface area contributed by atoms with Gasteiger partial charge in [-0.2, -0.15) is 0 Å². The summed E-state index contributed by atoms with van der Waals surface area (Å²) in [6.07, 6.45) is 1.95. The third-order valence-corrected chi connectivity index (χ3v) is 2.47. The molecule has 0 amide bonds. The minimum Gasteiger partial charge on any atom is -0.368 e. The van der Waals surface area contributed by atoms with E-state index in [9.17, 15) is 0 Å². The van der Waals surface area contributed by atoms with Crippen LogP contribution in [-0.2, 0) is 12.8 Å². The van der Waals surface area contributed by atoms with Gasteiger partial charge in [0.05, 0.1) is 5.69 Å². The van der Waals surface area contributed by atoms with Gasteiger partial charge in [0.15, 0.2) is 0 Å². The zero-order valence-electron chi connectivity index (χ0n) is 6.84. The maximum atomic E-state index is 5.91. The van der Waals surface area contributed by atoms with E-state index in [0.717, 1.165) is 24.1 Å². The largest absolute Gasteiger partial charge is 0.368 e. The lowest BCUT2D eigenvalue weighted by Gasteiger charge is -2.00. The third kappa shape index (κ3) is 1.14. The van der Waals surface area contributed by atoms with E-state index >= 15 is 0 Å². The van der Waals surface area contributed by atoms with E-state index in [0.29, 0.717) is 11.1 Å². The lowest BCUT2D eigenvalue weighted by molar-refractivity contribution is 0.624. The molecule has 0 bridgehead atoms. The molecule has 2 N–H and O–H groups in total. The van der Waals surface area contributed by atoms with E-state index < -0.39 is 0 Å². The first kappa shape index (κ1) is 7.80. The van der Waals surface area contributed by atoms with Gasteiger partial charge in [0.2, 0.25) is 5.95 Å². The van der Waals surface area contributed by atoms with Crippen LogP contribution in [0.15, 0.2) is 0 Å². The normalized spacial score (nSPS) is 21.0. The Bertz CT molecular complexity index is 324. The van der Waals surface area contributed by atoms with Crippen molar-refractivity contribution in [1.82, 2.24) is 9.97 Å². The molecule has 1 aliphatic rings. The van der Waals surface area contributed by atoms with Crippen molar-refractivity contribution in [3.05, 3.63) is 16.4 Å². The molecule has 1 atom stereocenters. The fourth-order valence-electron chi connectivity index (χ4n) is 1.64. The summed E-state index contributed by atoms with van der Waals surface area (Å²) in [5.41, 5.74) is 7.58. The smallest absolute Gasteiger partial charge is 0.221 e. The summed E-state index contributed by atoms with van der Waals surface area (Å²) in [6.45, 7) is 2.17. The van der Waals surface area contributed by atoms with E-state index in [1.54, 1.807) is 0 Å². The molecular formula is C8H10ClN3. The van der Waals surface area contributed by atoms with Gasteiger partial charge in [-0.25, -0.2) is 9.97 Å². The van der Waals surface area contributed by atoms with E-state index in [1.165, 1.54) is 0 Å². The number of aromatic nitrogens is 2. The lowest BCUT2D eigenvalue weighted by atomic mass is 10.1. The molecule has 0 saturated carbocycles. The van der Waals surface area contributed by atoms with Crippen molar-refractivity contribution in [3.8, 4) is 0 Å². The summed E-state index contributed by atoms with van der Waals surface area (Å²) >= 11 is 5.91. The predicted molar refractivity (Wildman–Crippen MR) is 48.0 cm³/mol. The van der Waals surface area contributed by atoms with Gasteiger partial charge in [-0.05, 0) is 18.8 Å². The number of anilines is 1. The highest BCUT2D eigenvalue weighted by Gasteiger charge is 2.22. The number of fused-ring (bicyclic) bond motifs is 1. The monoisotopic (exact) mass is 183 g/mol. The second kappa shape index (κ2) is 2.59. The highest BCUT2D eigenvalue weighted by molar-refractivity contribution is 6.30. The standard InChI is InChI=1S/C8H10ClN3/c1-4-2-5-6(3-4)11-8(10)12-7(5)9/h4H,2-3H2,1H3,(H2,10,11,12). The van der Waals surface area contributed by atoms with Crippen LogP contribution in [-0.4, -0.2) is 9.97 Å². The van der Waals surface area contributed by atoms with Crippen LogP contribution < -0.4 is 5.73 Å². The SMILES string of the molecule is CC1Cc2nc(N)nc(Cl)c2C1. The summed E-state index contributed by atoms with van der Waals surface area (Å²) in [5.74, 6) is 0.904. The van der Waals surface area contributed by atoms with Crippen LogP contribution in [0.25, 0.3) is 0 Å². The Kier molecular flexibility index (Phi) is 1.68. The van der Waals surface area contributed by atoms with Gasteiger partial charge in [-0.15, -0.1) is 0 Å².